The molecular weight excluding hydrogens is 477 g/mol. The summed E-state index contributed by atoms with van der Waals surface area (Å²) in [5.41, 5.74) is 0.424. The summed E-state index contributed by atoms with van der Waals surface area (Å²) < 4.78 is 72.7. The Bertz CT molecular complexity index is 1160. The van der Waals surface area contributed by atoms with E-state index in [4.69, 9.17) is 4.42 Å². The molecule has 1 saturated heterocycles. The van der Waals surface area contributed by atoms with Gasteiger partial charge in [-0.1, -0.05) is 30.3 Å². The first-order valence-corrected chi connectivity index (χ1v) is 13.2. The lowest BCUT2D eigenvalue weighted by Gasteiger charge is -2.37. The quantitative estimate of drug-likeness (QED) is 0.380. The Balaban J connectivity index is 1.43. The van der Waals surface area contributed by atoms with E-state index in [0.717, 1.165) is 56.7 Å². The van der Waals surface area contributed by atoms with Gasteiger partial charge in [0, 0.05) is 6.04 Å². The van der Waals surface area contributed by atoms with E-state index < -0.39 is 21.8 Å². The van der Waals surface area contributed by atoms with E-state index in [9.17, 15) is 21.6 Å². The number of sulfonamides is 1. The van der Waals surface area contributed by atoms with Crippen molar-refractivity contribution in [3.05, 3.63) is 89.9 Å². The summed E-state index contributed by atoms with van der Waals surface area (Å²) in [7, 11) is -4.02. The first-order chi connectivity index (χ1) is 16.7. The molecule has 5 nitrogen and oxygen atoms in total. The standard InChI is InChI=1S/C26H29F3N2O3S/c27-26(28,29)22-10-12-25(13-11-22)35(32,33)31(20-24-9-5-19-34-24)23-14-17-30(18-15-23)16-4-8-21-6-2-1-3-7-21/h1-3,5-7,9-13,19,23H,4,8,14-18,20H2. The molecule has 0 saturated carbocycles. The molecule has 0 radical (unpaired) electrons. The van der Waals surface area contributed by atoms with Gasteiger partial charge < -0.3 is 9.32 Å². The lowest BCUT2D eigenvalue weighted by Crippen LogP contribution is -2.47. The average molecular weight is 507 g/mol. The minimum Gasteiger partial charge on any atom is -0.468 e. The minimum absolute atomic E-state index is 0.0367. The molecule has 1 fully saturated rings. The molecule has 0 spiro atoms. The van der Waals surface area contributed by atoms with Crippen molar-refractivity contribution < 1.29 is 26.0 Å². The summed E-state index contributed by atoms with van der Waals surface area (Å²) in [6, 6.07) is 17.1. The van der Waals surface area contributed by atoms with Gasteiger partial charge in [-0.25, -0.2) is 8.42 Å². The van der Waals surface area contributed by atoms with Gasteiger partial charge in [-0.05, 0) is 87.3 Å². The zero-order valence-electron chi connectivity index (χ0n) is 19.3. The van der Waals surface area contributed by atoms with E-state index >= 15 is 0 Å². The number of alkyl halides is 3. The number of likely N-dealkylation sites (tertiary alicyclic amines) is 1. The first kappa shape index (κ1) is 25.5. The van der Waals surface area contributed by atoms with Crippen LogP contribution in [0.4, 0.5) is 13.2 Å². The maximum Gasteiger partial charge on any atom is 0.416 e. The van der Waals surface area contributed by atoms with Crippen LogP contribution in [0.1, 0.15) is 36.1 Å². The highest BCUT2D eigenvalue weighted by Crippen LogP contribution is 2.32. The van der Waals surface area contributed by atoms with E-state index in [1.165, 1.54) is 16.1 Å². The van der Waals surface area contributed by atoms with Gasteiger partial charge in [0.15, 0.2) is 0 Å². The highest BCUT2D eigenvalue weighted by molar-refractivity contribution is 7.89. The molecule has 9 heteroatoms. The lowest BCUT2D eigenvalue weighted by molar-refractivity contribution is -0.137. The monoisotopic (exact) mass is 506 g/mol. The van der Waals surface area contributed by atoms with E-state index in [0.29, 0.717) is 18.6 Å². The Kier molecular flexibility index (Phi) is 7.98. The van der Waals surface area contributed by atoms with Crippen molar-refractivity contribution >= 4 is 10.0 Å². The fourth-order valence-electron chi connectivity index (χ4n) is 4.50. The van der Waals surface area contributed by atoms with Crippen LogP contribution >= 0.6 is 0 Å². The summed E-state index contributed by atoms with van der Waals surface area (Å²) in [5.74, 6) is 0.491. The van der Waals surface area contributed by atoms with E-state index in [2.05, 4.69) is 17.0 Å². The second-order valence-corrected chi connectivity index (χ2v) is 10.7. The molecule has 0 aliphatic carbocycles. The SMILES string of the molecule is O=S(=O)(c1ccc(C(F)(F)F)cc1)N(Cc1ccco1)C1CCN(CCCc2ccccc2)CC1. The number of hydrogen-bond donors (Lipinski definition) is 0. The molecule has 3 aromatic rings. The van der Waals surface area contributed by atoms with Crippen LogP contribution in [0, 0.1) is 0 Å². The number of rotatable bonds is 9. The third-order valence-electron chi connectivity index (χ3n) is 6.43. The molecule has 1 aromatic heterocycles. The first-order valence-electron chi connectivity index (χ1n) is 11.7. The van der Waals surface area contributed by atoms with Crippen LogP contribution in [0.25, 0.3) is 0 Å². The predicted molar refractivity (Wildman–Crippen MR) is 127 cm³/mol. The highest BCUT2D eigenvalue weighted by Gasteiger charge is 2.36. The van der Waals surface area contributed by atoms with Gasteiger partial charge in [0.2, 0.25) is 10.0 Å². The second kappa shape index (κ2) is 11.0. The summed E-state index contributed by atoms with van der Waals surface area (Å²) in [5, 5.41) is 0. The van der Waals surface area contributed by atoms with E-state index in [1.807, 2.05) is 18.2 Å². The van der Waals surface area contributed by atoms with Gasteiger partial charge in [-0.2, -0.15) is 17.5 Å². The molecule has 188 valence electrons. The van der Waals surface area contributed by atoms with Crippen LogP contribution in [-0.4, -0.2) is 43.3 Å². The third-order valence-corrected chi connectivity index (χ3v) is 8.34. The fraction of sp³-hybridized carbons (Fsp3) is 0.385. The zero-order chi connectivity index (χ0) is 24.9. The van der Waals surface area contributed by atoms with Crippen LogP contribution in [0.15, 0.2) is 82.3 Å². The van der Waals surface area contributed by atoms with E-state index in [-0.39, 0.29) is 17.5 Å². The van der Waals surface area contributed by atoms with Gasteiger partial charge in [-0.15, -0.1) is 0 Å². The lowest BCUT2D eigenvalue weighted by atomic mass is 10.0. The summed E-state index contributed by atoms with van der Waals surface area (Å²) >= 11 is 0. The maximum absolute atomic E-state index is 13.5. The number of aryl methyl sites for hydroxylation is 1. The van der Waals surface area contributed by atoms with Crippen molar-refractivity contribution in [2.75, 3.05) is 19.6 Å². The highest BCUT2D eigenvalue weighted by atomic mass is 32.2. The van der Waals surface area contributed by atoms with Gasteiger partial charge >= 0.3 is 6.18 Å². The fourth-order valence-corrected chi connectivity index (χ4v) is 6.15. The van der Waals surface area contributed by atoms with Crippen LogP contribution in [0.3, 0.4) is 0 Å². The smallest absolute Gasteiger partial charge is 0.416 e. The number of piperidine rings is 1. The number of hydrogen-bond acceptors (Lipinski definition) is 4. The second-order valence-electron chi connectivity index (χ2n) is 8.81. The zero-order valence-corrected chi connectivity index (χ0v) is 20.1. The number of nitrogens with zero attached hydrogens (tertiary/aromatic N) is 2. The van der Waals surface area contributed by atoms with E-state index in [1.54, 1.807) is 12.1 Å². The summed E-state index contributed by atoms with van der Waals surface area (Å²) in [6.45, 7) is 2.49. The van der Waals surface area contributed by atoms with Crippen molar-refractivity contribution in [2.24, 2.45) is 0 Å². The molecule has 4 rings (SSSR count). The van der Waals surface area contributed by atoms with Crippen molar-refractivity contribution in [2.45, 2.75) is 49.3 Å². The Labute approximate surface area is 204 Å². The molecule has 0 N–H and O–H groups in total. The Morgan fingerprint density at radius 3 is 2.23 bits per heavy atom. The normalized spacial score (nSPS) is 16.1. The number of furan rings is 1. The van der Waals surface area contributed by atoms with Gasteiger partial charge in [-0.3, -0.25) is 0 Å². The van der Waals surface area contributed by atoms with Crippen LogP contribution in [0.2, 0.25) is 0 Å². The Morgan fingerprint density at radius 1 is 0.943 bits per heavy atom. The molecule has 1 aliphatic rings. The van der Waals surface area contributed by atoms with Gasteiger partial charge in [0.05, 0.1) is 23.3 Å². The van der Waals surface area contributed by atoms with Crippen molar-refractivity contribution in [1.29, 1.82) is 0 Å². The van der Waals surface area contributed by atoms with Crippen LogP contribution < -0.4 is 0 Å². The average Bonchev–Trinajstić information content (AvgIpc) is 3.37. The topological polar surface area (TPSA) is 53.8 Å². The Hall–Kier alpha value is -2.62. The third kappa shape index (κ3) is 6.54. The molecule has 1 aliphatic heterocycles. The van der Waals surface area contributed by atoms with Crippen LogP contribution in [-0.2, 0) is 29.2 Å². The van der Waals surface area contributed by atoms with Crippen molar-refractivity contribution in [3.63, 3.8) is 0 Å². The number of benzene rings is 2. The summed E-state index contributed by atoms with van der Waals surface area (Å²) in [6.07, 6.45) is 0.261. The predicted octanol–water partition coefficient (Wildman–Crippen LogP) is 5.59. The largest absolute Gasteiger partial charge is 0.468 e. The molecule has 0 bridgehead atoms. The molecule has 0 unspecified atom stereocenters. The molecule has 2 heterocycles. The minimum atomic E-state index is -4.52. The molecule has 35 heavy (non-hydrogen) atoms. The molecule has 0 amide bonds. The Morgan fingerprint density at radius 2 is 1.63 bits per heavy atom. The van der Waals surface area contributed by atoms with Crippen LogP contribution in [0.5, 0.6) is 0 Å². The van der Waals surface area contributed by atoms with Crippen molar-refractivity contribution in [3.8, 4) is 0 Å². The van der Waals surface area contributed by atoms with Gasteiger partial charge in [0.1, 0.15) is 5.76 Å². The number of halogens is 3. The van der Waals surface area contributed by atoms with Crippen molar-refractivity contribution in [1.82, 2.24) is 9.21 Å². The maximum atomic E-state index is 13.5. The van der Waals surface area contributed by atoms with Gasteiger partial charge in [0.25, 0.3) is 0 Å². The summed E-state index contributed by atoms with van der Waals surface area (Å²) in [4.78, 5) is 2.19. The molecular formula is C26H29F3N2O3S. The molecule has 2 aromatic carbocycles. The molecule has 0 atom stereocenters.